The fourth-order valence-corrected chi connectivity index (χ4v) is 6.69. The number of nitrogen functional groups attached to an aromatic ring is 1. The second-order valence-electron chi connectivity index (χ2n) is 12.9. The van der Waals surface area contributed by atoms with Gasteiger partial charge in [-0.2, -0.15) is 10.2 Å². The summed E-state index contributed by atoms with van der Waals surface area (Å²) in [6, 6.07) is 22.2. The van der Waals surface area contributed by atoms with E-state index in [4.69, 9.17) is 26.8 Å². The summed E-state index contributed by atoms with van der Waals surface area (Å²) in [5.74, 6) is 1.43. The third kappa shape index (κ3) is 9.69. The number of nitrogens with two attached hydrogens (primary N) is 1. The molecule has 1 amide bonds. The van der Waals surface area contributed by atoms with Crippen molar-refractivity contribution in [1.82, 2.24) is 29.4 Å². The van der Waals surface area contributed by atoms with Crippen LogP contribution in [0.15, 0.2) is 85.2 Å². The average molecular weight is 711 g/mol. The maximum Gasteiger partial charge on any atom is 0.255 e. The summed E-state index contributed by atoms with van der Waals surface area (Å²) in [5, 5.41) is 12.0. The molecule has 51 heavy (non-hydrogen) atoms. The molecule has 0 atom stereocenters. The van der Waals surface area contributed by atoms with E-state index in [0.29, 0.717) is 29.5 Å². The van der Waals surface area contributed by atoms with Crippen LogP contribution >= 0.6 is 11.6 Å². The molecule has 2 aromatic heterocycles. The van der Waals surface area contributed by atoms with Crippen LogP contribution in [0.4, 0.5) is 11.4 Å². The maximum absolute atomic E-state index is 12.6. The van der Waals surface area contributed by atoms with E-state index in [2.05, 4.69) is 25.3 Å². The second kappa shape index (κ2) is 17.4. The van der Waals surface area contributed by atoms with Crippen LogP contribution in [0, 0.1) is 0 Å². The van der Waals surface area contributed by atoms with Crippen LogP contribution in [0.2, 0.25) is 5.02 Å². The molecule has 3 N–H and O–H groups in total. The highest BCUT2D eigenvalue weighted by molar-refractivity contribution is 6.31. The number of anilines is 2. The molecule has 268 valence electrons. The quantitative estimate of drug-likeness (QED) is 0.139. The number of benzene rings is 3. The Labute approximate surface area is 304 Å². The van der Waals surface area contributed by atoms with Gasteiger partial charge >= 0.3 is 0 Å². The SMILES string of the molecule is Cn1nccc1-c1cc(N)ccc1OCCN1CCCC1.Cn1nccc1-c1cc(NC(=O)c2cccc(Cl)c2)ccc1OCCN1CCCC1. The Morgan fingerprint density at radius 1 is 0.745 bits per heavy atom. The highest BCUT2D eigenvalue weighted by Gasteiger charge is 2.16. The van der Waals surface area contributed by atoms with Crippen LogP contribution in [0.25, 0.3) is 22.5 Å². The summed E-state index contributed by atoms with van der Waals surface area (Å²) in [5.41, 5.74) is 11.7. The smallest absolute Gasteiger partial charge is 0.255 e. The van der Waals surface area contributed by atoms with Crippen LogP contribution in [-0.4, -0.2) is 87.8 Å². The van der Waals surface area contributed by atoms with Gasteiger partial charge in [-0.25, -0.2) is 0 Å². The lowest BCUT2D eigenvalue weighted by Gasteiger charge is -2.17. The molecule has 5 aromatic rings. The van der Waals surface area contributed by atoms with E-state index in [-0.39, 0.29) is 5.91 Å². The van der Waals surface area contributed by atoms with Gasteiger partial charge in [-0.05, 0) is 119 Å². The molecule has 0 aliphatic carbocycles. The van der Waals surface area contributed by atoms with Crippen molar-refractivity contribution in [2.75, 3.05) is 63.5 Å². The van der Waals surface area contributed by atoms with E-state index in [1.807, 2.05) is 67.3 Å². The number of likely N-dealkylation sites (tertiary alicyclic amines) is 2. The van der Waals surface area contributed by atoms with Gasteiger partial charge in [0.05, 0.1) is 11.4 Å². The molecule has 0 spiro atoms. The largest absolute Gasteiger partial charge is 0.492 e. The second-order valence-corrected chi connectivity index (χ2v) is 13.3. The number of halogens is 1. The number of amides is 1. The van der Waals surface area contributed by atoms with Crippen LogP contribution in [0.3, 0.4) is 0 Å². The lowest BCUT2D eigenvalue weighted by Crippen LogP contribution is -2.25. The molecule has 7 rings (SSSR count). The number of rotatable bonds is 12. The topological polar surface area (TPSA) is 116 Å². The first kappa shape index (κ1) is 36.0. The number of carbonyl (C=O) groups is 1. The lowest BCUT2D eigenvalue weighted by molar-refractivity contribution is 0.102. The van der Waals surface area contributed by atoms with E-state index < -0.39 is 0 Å². The van der Waals surface area contributed by atoms with E-state index in [1.54, 1.807) is 41.3 Å². The Balaban J connectivity index is 0.000000187. The molecule has 2 saturated heterocycles. The number of ether oxygens (including phenoxy) is 2. The Morgan fingerprint density at radius 2 is 1.29 bits per heavy atom. The van der Waals surface area contributed by atoms with E-state index in [1.165, 1.54) is 38.8 Å². The molecule has 12 heteroatoms. The fourth-order valence-electron chi connectivity index (χ4n) is 6.50. The van der Waals surface area contributed by atoms with Crippen molar-refractivity contribution in [3.05, 3.63) is 95.8 Å². The third-order valence-electron chi connectivity index (χ3n) is 9.25. The molecule has 2 aliphatic heterocycles. The molecule has 0 saturated carbocycles. The van der Waals surface area contributed by atoms with Gasteiger partial charge in [0, 0.05) is 72.7 Å². The molecule has 4 heterocycles. The molecule has 0 bridgehead atoms. The lowest BCUT2D eigenvalue weighted by atomic mass is 10.1. The molecule has 0 unspecified atom stereocenters. The molecular formula is C39H47ClN8O3. The zero-order valence-corrected chi connectivity index (χ0v) is 30.2. The van der Waals surface area contributed by atoms with E-state index in [0.717, 1.165) is 65.9 Å². The average Bonchev–Trinajstić information content (AvgIpc) is 3.97. The summed E-state index contributed by atoms with van der Waals surface area (Å²) in [4.78, 5) is 17.5. The van der Waals surface area contributed by atoms with Gasteiger partial charge in [0.1, 0.15) is 24.7 Å². The Morgan fingerprint density at radius 3 is 1.82 bits per heavy atom. The van der Waals surface area contributed by atoms with E-state index in [9.17, 15) is 4.79 Å². The minimum Gasteiger partial charge on any atom is -0.492 e. The van der Waals surface area contributed by atoms with Crippen molar-refractivity contribution >= 4 is 28.9 Å². The minimum absolute atomic E-state index is 0.212. The van der Waals surface area contributed by atoms with Crippen molar-refractivity contribution in [1.29, 1.82) is 0 Å². The Bertz CT molecular complexity index is 1890. The molecule has 2 fully saturated rings. The summed E-state index contributed by atoms with van der Waals surface area (Å²) in [6.45, 7) is 7.90. The first-order chi connectivity index (χ1) is 24.8. The Hall–Kier alpha value is -4.84. The monoisotopic (exact) mass is 710 g/mol. The highest BCUT2D eigenvalue weighted by atomic mass is 35.5. The van der Waals surface area contributed by atoms with Crippen LogP contribution in [0.1, 0.15) is 36.0 Å². The standard InChI is InChI=1S/C23H25ClN4O2.C16H22N4O/c1-27-21(9-10-25-27)20-16-19(26-23(29)17-5-4-6-18(24)15-17)7-8-22(20)30-14-13-28-11-2-3-12-28;1-19-15(6-7-18-19)14-12-13(17)4-5-16(14)21-11-10-20-8-2-3-9-20/h4-10,15-16H,2-3,11-14H2,1H3,(H,26,29);4-7,12H,2-3,8-11,17H2,1H3. The number of hydrogen-bond donors (Lipinski definition) is 2. The van der Waals surface area contributed by atoms with Gasteiger partial charge in [-0.1, -0.05) is 17.7 Å². The molecule has 0 radical (unpaired) electrons. The number of hydrogen-bond acceptors (Lipinski definition) is 8. The minimum atomic E-state index is -0.212. The number of carbonyl (C=O) groups excluding carboxylic acids is 1. The van der Waals surface area contributed by atoms with Crippen molar-refractivity contribution in [3.63, 3.8) is 0 Å². The number of nitrogens with zero attached hydrogens (tertiary/aromatic N) is 6. The van der Waals surface area contributed by atoms with Gasteiger partial charge in [-0.15, -0.1) is 0 Å². The van der Waals surface area contributed by atoms with Gasteiger partial charge < -0.3 is 20.5 Å². The molecule has 2 aliphatic rings. The first-order valence-electron chi connectivity index (χ1n) is 17.6. The third-order valence-corrected chi connectivity index (χ3v) is 9.48. The summed E-state index contributed by atoms with van der Waals surface area (Å²) >= 11 is 6.01. The zero-order chi connectivity index (χ0) is 35.6. The van der Waals surface area contributed by atoms with Crippen molar-refractivity contribution in [3.8, 4) is 34.0 Å². The molecular weight excluding hydrogens is 664 g/mol. The van der Waals surface area contributed by atoms with Gasteiger partial charge in [-0.3, -0.25) is 24.0 Å². The number of aryl methyl sites for hydroxylation is 2. The van der Waals surface area contributed by atoms with Crippen molar-refractivity contribution in [2.24, 2.45) is 14.1 Å². The van der Waals surface area contributed by atoms with Gasteiger partial charge in [0.2, 0.25) is 0 Å². The maximum atomic E-state index is 12.6. The predicted octanol–water partition coefficient (Wildman–Crippen LogP) is 6.61. The molecule has 11 nitrogen and oxygen atoms in total. The Kier molecular flexibility index (Phi) is 12.3. The first-order valence-corrected chi connectivity index (χ1v) is 18.0. The van der Waals surface area contributed by atoms with Gasteiger partial charge in [0.15, 0.2) is 0 Å². The summed E-state index contributed by atoms with van der Waals surface area (Å²) in [7, 11) is 3.81. The van der Waals surface area contributed by atoms with Crippen LogP contribution in [-0.2, 0) is 14.1 Å². The van der Waals surface area contributed by atoms with Crippen molar-refractivity contribution in [2.45, 2.75) is 25.7 Å². The van der Waals surface area contributed by atoms with Gasteiger partial charge in [0.25, 0.3) is 5.91 Å². The summed E-state index contributed by atoms with van der Waals surface area (Å²) in [6.07, 6.45) is 8.68. The zero-order valence-electron chi connectivity index (χ0n) is 29.4. The predicted molar refractivity (Wildman–Crippen MR) is 203 cm³/mol. The molecule has 3 aromatic carbocycles. The highest BCUT2D eigenvalue weighted by Crippen LogP contribution is 2.33. The number of aromatic nitrogens is 4. The fraction of sp³-hybridized carbons (Fsp3) is 0.359. The van der Waals surface area contributed by atoms with Crippen molar-refractivity contribution < 1.29 is 14.3 Å². The van der Waals surface area contributed by atoms with Crippen LogP contribution < -0.4 is 20.5 Å². The van der Waals surface area contributed by atoms with Crippen LogP contribution in [0.5, 0.6) is 11.5 Å². The van der Waals surface area contributed by atoms with E-state index >= 15 is 0 Å². The normalized spacial score (nSPS) is 14.6. The summed E-state index contributed by atoms with van der Waals surface area (Å²) < 4.78 is 15.8. The number of nitrogens with one attached hydrogen (secondary N) is 1.